The lowest BCUT2D eigenvalue weighted by atomic mass is 10.1. The average molecular weight is 358 g/mol. The van der Waals surface area contributed by atoms with Crippen molar-refractivity contribution >= 4 is 17.5 Å². The Kier molecular flexibility index (Phi) is 7.76. The number of carbonyl (C=O) groups is 2. The van der Waals surface area contributed by atoms with E-state index in [0.29, 0.717) is 5.69 Å². The number of anilines is 1. The summed E-state index contributed by atoms with van der Waals surface area (Å²) in [5.41, 5.74) is 1.70. The Morgan fingerprint density at radius 2 is 1.65 bits per heavy atom. The highest BCUT2D eigenvalue weighted by Crippen LogP contribution is 2.08. The summed E-state index contributed by atoms with van der Waals surface area (Å²) in [6.07, 6.45) is 1.70. The van der Waals surface area contributed by atoms with Crippen LogP contribution < -0.4 is 10.6 Å². The normalized spacial score (nSPS) is 11.6. The van der Waals surface area contributed by atoms with Crippen LogP contribution in [0.5, 0.6) is 0 Å². The maximum atomic E-state index is 12.8. The van der Waals surface area contributed by atoms with Crippen LogP contribution >= 0.6 is 0 Å². The number of benzene rings is 2. The summed E-state index contributed by atoms with van der Waals surface area (Å²) < 4.78 is 17.9. The highest BCUT2D eigenvalue weighted by Gasteiger charge is 2.09. The van der Waals surface area contributed by atoms with Gasteiger partial charge in [0.2, 0.25) is 11.8 Å². The second kappa shape index (κ2) is 10.3. The van der Waals surface area contributed by atoms with E-state index in [0.717, 1.165) is 12.8 Å². The third kappa shape index (κ3) is 7.44. The third-order valence-electron chi connectivity index (χ3n) is 3.71. The van der Waals surface area contributed by atoms with Gasteiger partial charge in [-0.1, -0.05) is 30.3 Å². The fourth-order valence-corrected chi connectivity index (χ4v) is 2.38. The van der Waals surface area contributed by atoms with Crippen molar-refractivity contribution in [2.24, 2.45) is 0 Å². The molecule has 0 heterocycles. The molecule has 0 aliphatic heterocycles. The summed E-state index contributed by atoms with van der Waals surface area (Å²) in [4.78, 5) is 23.5. The summed E-state index contributed by atoms with van der Waals surface area (Å²) in [5, 5.41) is 5.40. The Morgan fingerprint density at radius 1 is 1.00 bits per heavy atom. The molecule has 0 fully saturated rings. The zero-order chi connectivity index (χ0) is 18.8. The van der Waals surface area contributed by atoms with Crippen molar-refractivity contribution in [3.05, 3.63) is 66.0 Å². The number of ether oxygens (including phenoxy) is 1. The SMILES string of the molecule is CC(CCc1ccccc1)NC(=O)COCC(=O)Nc1ccc(F)cc1. The molecule has 0 saturated heterocycles. The largest absolute Gasteiger partial charge is 0.362 e. The van der Waals surface area contributed by atoms with Crippen LogP contribution in [-0.2, 0) is 20.7 Å². The minimum Gasteiger partial charge on any atom is -0.362 e. The number of carbonyl (C=O) groups excluding carboxylic acids is 2. The molecule has 2 rings (SSSR count). The molecule has 0 radical (unpaired) electrons. The number of halogens is 1. The van der Waals surface area contributed by atoms with Crippen molar-refractivity contribution in [3.8, 4) is 0 Å². The first kappa shape index (κ1) is 19.6. The average Bonchev–Trinajstić information content (AvgIpc) is 2.63. The molecule has 0 spiro atoms. The zero-order valence-electron chi connectivity index (χ0n) is 14.7. The van der Waals surface area contributed by atoms with E-state index in [9.17, 15) is 14.0 Å². The number of amides is 2. The molecule has 2 aromatic rings. The molecule has 26 heavy (non-hydrogen) atoms. The first-order valence-electron chi connectivity index (χ1n) is 8.49. The number of hydrogen-bond donors (Lipinski definition) is 2. The molecule has 1 unspecified atom stereocenters. The molecule has 0 aliphatic rings. The van der Waals surface area contributed by atoms with E-state index in [-0.39, 0.29) is 31.0 Å². The minimum atomic E-state index is -0.401. The standard InChI is InChI=1S/C20H23FN2O3/c1-15(7-8-16-5-3-2-4-6-16)22-19(24)13-26-14-20(25)23-18-11-9-17(21)10-12-18/h2-6,9-12,15H,7-8,13-14H2,1H3,(H,22,24)(H,23,25). The Balaban J connectivity index is 1.60. The van der Waals surface area contributed by atoms with Crippen molar-refractivity contribution in [2.75, 3.05) is 18.5 Å². The molecule has 0 bridgehead atoms. The molecule has 2 amide bonds. The van der Waals surface area contributed by atoms with E-state index in [1.807, 2.05) is 25.1 Å². The monoisotopic (exact) mass is 358 g/mol. The summed E-state index contributed by atoms with van der Waals surface area (Å²) in [7, 11) is 0. The number of rotatable bonds is 9. The molecule has 6 heteroatoms. The van der Waals surface area contributed by atoms with Gasteiger partial charge >= 0.3 is 0 Å². The van der Waals surface area contributed by atoms with Gasteiger partial charge in [0.05, 0.1) is 0 Å². The van der Waals surface area contributed by atoms with Gasteiger partial charge in [0.1, 0.15) is 19.0 Å². The number of hydrogen-bond acceptors (Lipinski definition) is 3. The van der Waals surface area contributed by atoms with Crippen LogP contribution in [0.2, 0.25) is 0 Å². The van der Waals surface area contributed by atoms with E-state index in [1.165, 1.54) is 29.8 Å². The predicted molar refractivity (Wildman–Crippen MR) is 98.2 cm³/mol. The van der Waals surface area contributed by atoms with Crippen LogP contribution in [0.1, 0.15) is 18.9 Å². The zero-order valence-corrected chi connectivity index (χ0v) is 14.7. The first-order chi connectivity index (χ1) is 12.5. The van der Waals surface area contributed by atoms with E-state index >= 15 is 0 Å². The van der Waals surface area contributed by atoms with Crippen LogP contribution in [0.4, 0.5) is 10.1 Å². The Hall–Kier alpha value is -2.73. The van der Waals surface area contributed by atoms with Gasteiger partial charge in [-0.3, -0.25) is 9.59 Å². The molecule has 0 aliphatic carbocycles. The van der Waals surface area contributed by atoms with E-state index in [1.54, 1.807) is 0 Å². The Bertz CT molecular complexity index is 705. The molecule has 2 aromatic carbocycles. The third-order valence-corrected chi connectivity index (χ3v) is 3.71. The minimum absolute atomic E-state index is 0.0133. The van der Waals surface area contributed by atoms with Gasteiger partial charge in [-0.2, -0.15) is 0 Å². The first-order valence-corrected chi connectivity index (χ1v) is 8.49. The van der Waals surface area contributed by atoms with Crippen LogP contribution in [0.15, 0.2) is 54.6 Å². The quantitative estimate of drug-likeness (QED) is 0.724. The molecule has 1 atom stereocenters. The van der Waals surface area contributed by atoms with Gasteiger partial charge < -0.3 is 15.4 Å². The maximum Gasteiger partial charge on any atom is 0.250 e. The molecule has 5 nitrogen and oxygen atoms in total. The number of nitrogens with one attached hydrogen (secondary N) is 2. The van der Waals surface area contributed by atoms with Gasteiger partial charge in [0, 0.05) is 11.7 Å². The fourth-order valence-electron chi connectivity index (χ4n) is 2.38. The fraction of sp³-hybridized carbons (Fsp3) is 0.300. The van der Waals surface area contributed by atoms with Crippen molar-refractivity contribution in [3.63, 3.8) is 0 Å². The van der Waals surface area contributed by atoms with Gasteiger partial charge in [-0.05, 0) is 49.6 Å². The molecule has 0 aromatic heterocycles. The highest BCUT2D eigenvalue weighted by atomic mass is 19.1. The second-order valence-electron chi connectivity index (χ2n) is 6.04. The molecule has 138 valence electrons. The van der Waals surface area contributed by atoms with Crippen LogP contribution in [0.3, 0.4) is 0 Å². The summed E-state index contributed by atoms with van der Waals surface area (Å²) in [5.74, 6) is -1.04. The van der Waals surface area contributed by atoms with E-state index in [2.05, 4.69) is 22.8 Å². The Labute approximate surface area is 152 Å². The Morgan fingerprint density at radius 3 is 2.35 bits per heavy atom. The molecular weight excluding hydrogens is 335 g/mol. The van der Waals surface area contributed by atoms with Crippen molar-refractivity contribution in [1.82, 2.24) is 5.32 Å². The molecule has 0 saturated carbocycles. The highest BCUT2D eigenvalue weighted by molar-refractivity contribution is 5.91. The lowest BCUT2D eigenvalue weighted by Crippen LogP contribution is -2.36. The van der Waals surface area contributed by atoms with E-state index in [4.69, 9.17) is 4.74 Å². The van der Waals surface area contributed by atoms with Crippen molar-refractivity contribution in [2.45, 2.75) is 25.8 Å². The van der Waals surface area contributed by atoms with Crippen LogP contribution in [0, 0.1) is 5.82 Å². The van der Waals surface area contributed by atoms with Crippen LogP contribution in [-0.4, -0.2) is 31.1 Å². The predicted octanol–water partition coefficient (Wildman–Crippen LogP) is 2.92. The topological polar surface area (TPSA) is 67.4 Å². The molecule has 2 N–H and O–H groups in total. The maximum absolute atomic E-state index is 12.8. The lowest BCUT2D eigenvalue weighted by molar-refractivity contribution is -0.129. The van der Waals surface area contributed by atoms with Crippen LogP contribution in [0.25, 0.3) is 0 Å². The number of aryl methyl sites for hydroxylation is 1. The lowest BCUT2D eigenvalue weighted by Gasteiger charge is -2.14. The summed E-state index contributed by atoms with van der Waals surface area (Å²) in [6.45, 7) is 1.50. The van der Waals surface area contributed by atoms with Crippen molar-refractivity contribution < 1.29 is 18.7 Å². The summed E-state index contributed by atoms with van der Waals surface area (Å²) in [6, 6.07) is 15.5. The molecular formula is C20H23FN2O3. The van der Waals surface area contributed by atoms with Gasteiger partial charge in [0.15, 0.2) is 0 Å². The van der Waals surface area contributed by atoms with Gasteiger partial charge in [0.25, 0.3) is 0 Å². The second-order valence-corrected chi connectivity index (χ2v) is 6.04. The van der Waals surface area contributed by atoms with Gasteiger partial charge in [-0.25, -0.2) is 4.39 Å². The van der Waals surface area contributed by atoms with Gasteiger partial charge in [-0.15, -0.1) is 0 Å². The summed E-state index contributed by atoms with van der Waals surface area (Å²) >= 11 is 0. The smallest absolute Gasteiger partial charge is 0.250 e. The van der Waals surface area contributed by atoms with Crippen molar-refractivity contribution in [1.29, 1.82) is 0 Å². The van der Waals surface area contributed by atoms with E-state index < -0.39 is 5.91 Å².